The van der Waals surface area contributed by atoms with Crippen LogP contribution in [0.5, 0.6) is 0 Å². The van der Waals surface area contributed by atoms with Crippen LogP contribution >= 0.6 is 0 Å². The zero-order valence-electron chi connectivity index (χ0n) is 20.3. The molecule has 3 N–H and O–H groups in total. The van der Waals surface area contributed by atoms with Crippen LogP contribution in [0.25, 0.3) is 11.3 Å². The van der Waals surface area contributed by atoms with Gasteiger partial charge in [0.25, 0.3) is 5.91 Å². The maximum atomic E-state index is 13.5. The van der Waals surface area contributed by atoms with E-state index in [1.807, 2.05) is 31.1 Å². The van der Waals surface area contributed by atoms with Crippen molar-refractivity contribution in [3.8, 4) is 17.3 Å². The molecule has 186 valence electrons. The first-order valence-electron chi connectivity index (χ1n) is 11.6. The van der Waals surface area contributed by atoms with E-state index in [0.29, 0.717) is 48.7 Å². The number of hydrogen-bond donors (Lipinski definition) is 3. The second-order valence-electron chi connectivity index (χ2n) is 8.39. The number of pyridine rings is 1. The van der Waals surface area contributed by atoms with Crippen molar-refractivity contribution in [1.29, 1.82) is 5.26 Å². The Bertz CT molecular complexity index is 1260. The van der Waals surface area contributed by atoms with E-state index in [1.165, 1.54) is 12.1 Å². The highest BCUT2D eigenvalue weighted by molar-refractivity contribution is 6.00. The molecule has 0 unspecified atom stereocenters. The molecular formula is C27H29FN6O2. The number of nitrogens with one attached hydrogen (secondary N) is 3. The summed E-state index contributed by atoms with van der Waals surface area (Å²) in [4.78, 5) is 31.6. The summed E-state index contributed by atoms with van der Waals surface area (Å²) in [6.45, 7) is 1.39. The Kier molecular flexibility index (Phi) is 9.48. The highest BCUT2D eigenvalue weighted by Crippen LogP contribution is 2.25. The number of carbonyl (C=O) groups is 2. The van der Waals surface area contributed by atoms with E-state index in [2.05, 4.69) is 27.0 Å². The zero-order valence-corrected chi connectivity index (χ0v) is 20.3. The quantitative estimate of drug-likeness (QED) is 0.383. The molecule has 8 nitrogen and oxygen atoms in total. The minimum atomic E-state index is -0.460. The molecule has 0 bridgehead atoms. The lowest BCUT2D eigenvalue weighted by molar-refractivity contribution is -0.120. The van der Waals surface area contributed by atoms with Crippen molar-refractivity contribution in [2.24, 2.45) is 0 Å². The maximum Gasteiger partial charge on any atom is 0.255 e. The summed E-state index contributed by atoms with van der Waals surface area (Å²) < 4.78 is 13.5. The highest BCUT2D eigenvalue weighted by atomic mass is 19.1. The van der Waals surface area contributed by atoms with Crippen molar-refractivity contribution in [3.63, 3.8) is 0 Å². The van der Waals surface area contributed by atoms with E-state index in [1.54, 1.807) is 36.4 Å². The van der Waals surface area contributed by atoms with Crippen LogP contribution in [-0.2, 0) is 11.2 Å². The number of rotatable bonds is 11. The molecule has 36 heavy (non-hydrogen) atoms. The maximum absolute atomic E-state index is 13.5. The third kappa shape index (κ3) is 7.61. The summed E-state index contributed by atoms with van der Waals surface area (Å²) in [5.41, 5.74) is 2.68. The van der Waals surface area contributed by atoms with Crippen molar-refractivity contribution < 1.29 is 14.0 Å². The monoisotopic (exact) mass is 488 g/mol. The van der Waals surface area contributed by atoms with Crippen LogP contribution in [0, 0.1) is 17.1 Å². The molecule has 0 saturated carbocycles. The van der Waals surface area contributed by atoms with E-state index in [4.69, 9.17) is 0 Å². The Morgan fingerprint density at radius 1 is 1.03 bits per heavy atom. The molecule has 1 aromatic heterocycles. The molecule has 0 aliphatic carbocycles. The second kappa shape index (κ2) is 13.0. The predicted octanol–water partition coefficient (Wildman–Crippen LogP) is 2.82. The lowest BCUT2D eigenvalue weighted by Crippen LogP contribution is -2.39. The highest BCUT2D eigenvalue weighted by Gasteiger charge is 2.16. The van der Waals surface area contributed by atoms with Crippen LogP contribution < -0.4 is 16.0 Å². The number of amides is 2. The molecule has 0 aliphatic rings. The van der Waals surface area contributed by atoms with Crippen molar-refractivity contribution in [1.82, 2.24) is 20.5 Å². The zero-order chi connectivity index (χ0) is 25.9. The molecule has 3 rings (SSSR count). The van der Waals surface area contributed by atoms with Gasteiger partial charge in [-0.25, -0.2) is 9.37 Å². The lowest BCUT2D eigenvalue weighted by atomic mass is 10.0. The third-order valence-corrected chi connectivity index (χ3v) is 5.35. The van der Waals surface area contributed by atoms with Gasteiger partial charge >= 0.3 is 0 Å². The summed E-state index contributed by atoms with van der Waals surface area (Å²) in [5.74, 6) is -0.760. The second-order valence-corrected chi connectivity index (χ2v) is 8.39. The molecule has 0 saturated heterocycles. The Morgan fingerprint density at radius 3 is 2.58 bits per heavy atom. The molecule has 1 heterocycles. The van der Waals surface area contributed by atoms with E-state index >= 15 is 0 Å². The molecule has 0 radical (unpaired) electrons. The molecule has 0 atom stereocenters. The van der Waals surface area contributed by atoms with E-state index < -0.39 is 5.91 Å². The van der Waals surface area contributed by atoms with Gasteiger partial charge in [-0.2, -0.15) is 5.26 Å². The first-order valence-corrected chi connectivity index (χ1v) is 11.6. The smallest absolute Gasteiger partial charge is 0.255 e. The Labute approximate surface area is 210 Å². The molecule has 3 aromatic rings. The number of anilines is 1. The molecule has 2 aromatic carbocycles. The van der Waals surface area contributed by atoms with Gasteiger partial charge in [0, 0.05) is 25.2 Å². The minimum Gasteiger partial charge on any atom is -0.369 e. The van der Waals surface area contributed by atoms with Crippen LogP contribution in [0.2, 0.25) is 0 Å². The minimum absolute atomic E-state index is 0.173. The van der Waals surface area contributed by atoms with Crippen molar-refractivity contribution in [3.05, 3.63) is 83.2 Å². The number of aromatic nitrogens is 1. The summed E-state index contributed by atoms with van der Waals surface area (Å²) in [7, 11) is 3.81. The predicted molar refractivity (Wildman–Crippen MR) is 137 cm³/mol. The van der Waals surface area contributed by atoms with Gasteiger partial charge in [0.05, 0.1) is 29.4 Å². The Balaban J connectivity index is 1.77. The number of halogens is 1. The molecule has 9 heteroatoms. The van der Waals surface area contributed by atoms with Gasteiger partial charge in [0.15, 0.2) is 0 Å². The van der Waals surface area contributed by atoms with Crippen molar-refractivity contribution >= 4 is 17.6 Å². The van der Waals surface area contributed by atoms with Crippen molar-refractivity contribution in [2.45, 2.75) is 6.42 Å². The van der Waals surface area contributed by atoms with E-state index in [9.17, 15) is 19.2 Å². The molecule has 0 fully saturated rings. The van der Waals surface area contributed by atoms with E-state index in [-0.39, 0.29) is 23.8 Å². The van der Waals surface area contributed by atoms with Crippen LogP contribution in [0.1, 0.15) is 21.5 Å². The Morgan fingerprint density at radius 2 is 1.83 bits per heavy atom. The average Bonchev–Trinajstić information content (AvgIpc) is 2.87. The molecular weight excluding hydrogens is 459 g/mol. The van der Waals surface area contributed by atoms with Crippen LogP contribution in [0.3, 0.4) is 0 Å². The number of carbonyl (C=O) groups excluding carboxylic acids is 2. The fraction of sp³-hybridized carbons (Fsp3) is 0.259. The van der Waals surface area contributed by atoms with Gasteiger partial charge in [0.1, 0.15) is 11.6 Å². The van der Waals surface area contributed by atoms with Gasteiger partial charge in [-0.15, -0.1) is 0 Å². The molecule has 0 spiro atoms. The molecule has 0 aliphatic heterocycles. The largest absolute Gasteiger partial charge is 0.369 e. The first-order chi connectivity index (χ1) is 17.4. The third-order valence-electron chi connectivity index (χ3n) is 5.35. The first kappa shape index (κ1) is 26.3. The molecule has 2 amide bonds. The van der Waals surface area contributed by atoms with Crippen molar-refractivity contribution in [2.75, 3.05) is 45.6 Å². The van der Waals surface area contributed by atoms with Crippen LogP contribution in [0.15, 0.2) is 60.7 Å². The number of nitrogens with zero attached hydrogens (tertiary/aromatic N) is 3. The topological polar surface area (TPSA) is 110 Å². The number of hydrogen-bond acceptors (Lipinski definition) is 6. The average molecular weight is 489 g/mol. The summed E-state index contributed by atoms with van der Waals surface area (Å²) in [6, 6.07) is 18.8. The fourth-order valence-electron chi connectivity index (χ4n) is 3.49. The summed E-state index contributed by atoms with van der Waals surface area (Å²) >= 11 is 0. The van der Waals surface area contributed by atoms with Gasteiger partial charge in [-0.3, -0.25) is 9.59 Å². The van der Waals surface area contributed by atoms with Crippen LogP contribution in [-0.4, -0.2) is 62.0 Å². The standard InChI is InChI=1S/C27H29FN6O2/c1-34(2)15-14-30-25(35)18-32-27(36)23-10-11-24(22-9-4-3-7-20(22)17-29)33-26(23)31-13-12-19-6-5-8-21(28)16-19/h3-11,16H,12-15,18H2,1-2H3,(H,30,35)(H,31,33)(H,32,36). The van der Waals surface area contributed by atoms with Gasteiger partial charge in [-0.05, 0) is 56.4 Å². The normalized spacial score (nSPS) is 10.5. The number of benzene rings is 2. The Hall–Kier alpha value is -4.29. The summed E-state index contributed by atoms with van der Waals surface area (Å²) in [6.07, 6.45) is 0.508. The van der Waals surface area contributed by atoms with Gasteiger partial charge in [0.2, 0.25) is 5.91 Å². The lowest BCUT2D eigenvalue weighted by Gasteiger charge is -2.14. The summed E-state index contributed by atoms with van der Waals surface area (Å²) in [5, 5.41) is 18.0. The fourth-order valence-corrected chi connectivity index (χ4v) is 3.49. The van der Waals surface area contributed by atoms with Gasteiger partial charge < -0.3 is 20.9 Å². The van der Waals surface area contributed by atoms with E-state index in [0.717, 1.165) is 5.56 Å². The van der Waals surface area contributed by atoms with Crippen LogP contribution in [0.4, 0.5) is 10.2 Å². The number of nitriles is 1. The number of likely N-dealkylation sites (N-methyl/N-ethyl adjacent to an activating group) is 1. The van der Waals surface area contributed by atoms with Gasteiger partial charge in [-0.1, -0.05) is 30.3 Å². The SMILES string of the molecule is CN(C)CCNC(=O)CNC(=O)c1ccc(-c2ccccc2C#N)nc1NCCc1cccc(F)c1.